The van der Waals surface area contributed by atoms with Gasteiger partial charge in [0.05, 0.1) is 22.6 Å². The van der Waals surface area contributed by atoms with Crippen LogP contribution in [0, 0.1) is 5.92 Å². The van der Waals surface area contributed by atoms with E-state index in [9.17, 15) is 13.2 Å². The highest BCUT2D eigenvalue weighted by Crippen LogP contribution is 2.32. The molecule has 1 unspecified atom stereocenters. The molecule has 2 N–H and O–H groups in total. The summed E-state index contributed by atoms with van der Waals surface area (Å²) in [5.41, 5.74) is 2.13. The van der Waals surface area contributed by atoms with Gasteiger partial charge in [0.1, 0.15) is 4.90 Å². The van der Waals surface area contributed by atoms with Crippen molar-refractivity contribution >= 4 is 50.7 Å². The van der Waals surface area contributed by atoms with Crippen molar-refractivity contribution in [1.82, 2.24) is 10.3 Å². The molecule has 1 amide bonds. The number of hydrogen-bond donors (Lipinski definition) is 2. The molecule has 0 radical (unpaired) electrons. The Morgan fingerprint density at radius 3 is 2.38 bits per heavy atom. The molecule has 0 aromatic heterocycles. The summed E-state index contributed by atoms with van der Waals surface area (Å²) in [7, 11) is -4.11. The SMILES string of the molecule is O=C(NNS(=O)(=O)c1c(Cl)cc(Cl)cc1Cl)C1CCOC1. The minimum Gasteiger partial charge on any atom is -0.381 e. The second-order valence-corrected chi connectivity index (χ2v) is 7.22. The molecule has 1 heterocycles. The number of ether oxygens (including phenoxy) is 1. The molecule has 2 rings (SSSR count). The lowest BCUT2D eigenvalue weighted by Crippen LogP contribution is -2.44. The van der Waals surface area contributed by atoms with Crippen molar-refractivity contribution in [3.63, 3.8) is 0 Å². The van der Waals surface area contributed by atoms with Gasteiger partial charge >= 0.3 is 0 Å². The van der Waals surface area contributed by atoms with Gasteiger partial charge in [0.25, 0.3) is 10.0 Å². The minimum atomic E-state index is -4.11. The summed E-state index contributed by atoms with van der Waals surface area (Å²) in [6, 6.07) is 2.49. The highest BCUT2D eigenvalue weighted by atomic mass is 35.5. The Morgan fingerprint density at radius 2 is 1.86 bits per heavy atom. The summed E-state index contributed by atoms with van der Waals surface area (Å²) >= 11 is 17.4. The minimum absolute atomic E-state index is 0.140. The maximum atomic E-state index is 12.1. The van der Waals surface area contributed by atoms with Gasteiger partial charge in [-0.15, -0.1) is 4.83 Å². The fourth-order valence-electron chi connectivity index (χ4n) is 1.80. The van der Waals surface area contributed by atoms with Crippen LogP contribution in [0.15, 0.2) is 17.0 Å². The quantitative estimate of drug-likeness (QED) is 0.791. The van der Waals surface area contributed by atoms with Crippen LogP contribution < -0.4 is 10.3 Å². The summed E-state index contributed by atoms with van der Waals surface area (Å²) < 4.78 is 29.3. The van der Waals surface area contributed by atoms with Crippen LogP contribution in [0.25, 0.3) is 0 Å². The van der Waals surface area contributed by atoms with E-state index in [1.54, 1.807) is 0 Å². The van der Waals surface area contributed by atoms with Crippen molar-refractivity contribution in [3.05, 3.63) is 27.2 Å². The Morgan fingerprint density at radius 1 is 1.24 bits per heavy atom. The number of carbonyl (C=O) groups excluding carboxylic acids is 1. The molecule has 1 saturated heterocycles. The lowest BCUT2D eigenvalue weighted by atomic mass is 10.1. The third kappa shape index (κ3) is 4.00. The van der Waals surface area contributed by atoms with E-state index >= 15 is 0 Å². The van der Waals surface area contributed by atoms with Gasteiger partial charge < -0.3 is 4.74 Å². The number of carbonyl (C=O) groups is 1. The van der Waals surface area contributed by atoms with Crippen LogP contribution in [0.1, 0.15) is 6.42 Å². The first-order chi connectivity index (χ1) is 9.81. The zero-order valence-electron chi connectivity index (χ0n) is 10.5. The third-order valence-electron chi connectivity index (χ3n) is 2.84. The first-order valence-electron chi connectivity index (χ1n) is 5.85. The number of nitrogens with one attached hydrogen (secondary N) is 2. The third-order valence-corrected chi connectivity index (χ3v) is 5.23. The molecule has 0 aliphatic carbocycles. The molecule has 1 aliphatic rings. The number of benzene rings is 1. The molecule has 1 aromatic rings. The maximum Gasteiger partial charge on any atom is 0.260 e. The summed E-state index contributed by atoms with van der Waals surface area (Å²) in [6.45, 7) is 0.732. The first kappa shape index (κ1) is 16.8. The van der Waals surface area contributed by atoms with Crippen molar-refractivity contribution in [2.24, 2.45) is 5.92 Å². The summed E-state index contributed by atoms with van der Waals surface area (Å²) in [5.74, 6) is -0.860. The molecular formula is C11H11Cl3N2O4S. The van der Waals surface area contributed by atoms with Gasteiger partial charge in [0, 0.05) is 11.6 Å². The predicted octanol–water partition coefficient (Wildman–Crippen LogP) is 1.99. The van der Waals surface area contributed by atoms with Gasteiger partial charge in [0.2, 0.25) is 5.91 Å². The highest BCUT2D eigenvalue weighted by Gasteiger charge is 2.27. The van der Waals surface area contributed by atoms with Gasteiger partial charge in [0.15, 0.2) is 0 Å². The molecule has 1 atom stereocenters. The highest BCUT2D eigenvalue weighted by molar-refractivity contribution is 7.89. The van der Waals surface area contributed by atoms with Crippen molar-refractivity contribution in [2.45, 2.75) is 11.3 Å². The van der Waals surface area contributed by atoms with Gasteiger partial charge in [-0.2, -0.15) is 0 Å². The fraction of sp³-hybridized carbons (Fsp3) is 0.364. The van der Waals surface area contributed by atoms with Crippen LogP contribution in [-0.4, -0.2) is 27.5 Å². The largest absolute Gasteiger partial charge is 0.381 e. The molecule has 21 heavy (non-hydrogen) atoms. The standard InChI is InChI=1S/C11H11Cl3N2O4S/c12-7-3-8(13)10(9(14)4-7)21(18,19)16-15-11(17)6-1-2-20-5-6/h3-4,6,16H,1-2,5H2,(H,15,17). The molecular weight excluding hydrogens is 363 g/mol. The van der Waals surface area contributed by atoms with Crippen molar-refractivity contribution in [3.8, 4) is 0 Å². The topological polar surface area (TPSA) is 84.5 Å². The predicted molar refractivity (Wildman–Crippen MR) is 78.9 cm³/mol. The first-order valence-corrected chi connectivity index (χ1v) is 8.47. The van der Waals surface area contributed by atoms with E-state index in [1.807, 2.05) is 4.83 Å². The smallest absolute Gasteiger partial charge is 0.260 e. The Hall–Kier alpha value is -0.570. The van der Waals surface area contributed by atoms with E-state index in [-0.39, 0.29) is 32.5 Å². The number of sulfonamides is 1. The van der Waals surface area contributed by atoms with Crippen LogP contribution in [-0.2, 0) is 19.6 Å². The van der Waals surface area contributed by atoms with Crippen LogP contribution in [0.2, 0.25) is 15.1 Å². The zero-order chi connectivity index (χ0) is 15.6. The van der Waals surface area contributed by atoms with Gasteiger partial charge in [-0.25, -0.2) is 8.42 Å². The van der Waals surface area contributed by atoms with E-state index in [1.165, 1.54) is 12.1 Å². The zero-order valence-corrected chi connectivity index (χ0v) is 13.6. The molecule has 1 aromatic carbocycles. The number of halogens is 3. The second kappa shape index (κ2) is 6.68. The van der Waals surface area contributed by atoms with E-state index in [0.29, 0.717) is 13.0 Å². The summed E-state index contributed by atoms with van der Waals surface area (Å²) in [5, 5.41) is -0.0759. The van der Waals surface area contributed by atoms with Crippen LogP contribution in [0.3, 0.4) is 0 Å². The second-order valence-electron chi connectivity index (χ2n) is 4.35. The Labute approximate surface area is 136 Å². The van der Waals surface area contributed by atoms with Crippen LogP contribution in [0.5, 0.6) is 0 Å². The fourth-order valence-corrected chi connectivity index (χ4v) is 4.19. The van der Waals surface area contributed by atoms with Gasteiger partial charge in [-0.05, 0) is 18.6 Å². The Bertz CT molecular complexity index is 636. The summed E-state index contributed by atoms with van der Waals surface area (Å²) in [6.07, 6.45) is 0.538. The lowest BCUT2D eigenvalue weighted by molar-refractivity contribution is -0.125. The maximum absolute atomic E-state index is 12.1. The van der Waals surface area contributed by atoms with E-state index in [4.69, 9.17) is 39.5 Å². The van der Waals surface area contributed by atoms with E-state index < -0.39 is 15.9 Å². The molecule has 6 nitrogen and oxygen atoms in total. The van der Waals surface area contributed by atoms with Crippen molar-refractivity contribution in [1.29, 1.82) is 0 Å². The Balaban J connectivity index is 2.13. The molecule has 1 aliphatic heterocycles. The van der Waals surface area contributed by atoms with Crippen molar-refractivity contribution in [2.75, 3.05) is 13.2 Å². The number of hydrazine groups is 1. The van der Waals surface area contributed by atoms with E-state index in [0.717, 1.165) is 0 Å². The number of amides is 1. The molecule has 0 spiro atoms. The molecule has 10 heteroatoms. The number of rotatable bonds is 4. The molecule has 116 valence electrons. The average Bonchev–Trinajstić information content (AvgIpc) is 2.88. The van der Waals surface area contributed by atoms with Crippen molar-refractivity contribution < 1.29 is 17.9 Å². The molecule has 1 fully saturated rings. The monoisotopic (exact) mass is 372 g/mol. The molecule has 0 saturated carbocycles. The van der Waals surface area contributed by atoms with Gasteiger partial charge in [-0.1, -0.05) is 34.8 Å². The summed E-state index contributed by atoms with van der Waals surface area (Å²) in [4.78, 5) is 13.4. The molecule has 0 bridgehead atoms. The van der Waals surface area contributed by atoms with E-state index in [2.05, 4.69) is 5.43 Å². The van der Waals surface area contributed by atoms with Crippen LogP contribution >= 0.6 is 34.8 Å². The normalized spacial score (nSPS) is 18.7. The number of hydrogen-bond acceptors (Lipinski definition) is 4. The lowest BCUT2D eigenvalue weighted by Gasteiger charge is -2.13. The Kier molecular flexibility index (Phi) is 5.34. The van der Waals surface area contributed by atoms with Gasteiger partial charge in [-0.3, -0.25) is 10.2 Å². The average molecular weight is 374 g/mol. The van der Waals surface area contributed by atoms with Crippen LogP contribution in [0.4, 0.5) is 0 Å².